The van der Waals surface area contributed by atoms with Gasteiger partial charge in [0.1, 0.15) is 5.60 Å². The minimum absolute atomic E-state index is 0.0118. The summed E-state index contributed by atoms with van der Waals surface area (Å²) >= 11 is 0. The molecule has 0 N–H and O–H groups in total. The highest BCUT2D eigenvalue weighted by atomic mass is 16.6. The van der Waals surface area contributed by atoms with Crippen molar-refractivity contribution in [3.05, 3.63) is 12.0 Å². The van der Waals surface area contributed by atoms with Crippen molar-refractivity contribution in [1.29, 1.82) is 0 Å². The Bertz CT molecular complexity index is 342. The fraction of sp³-hybridized carbons (Fsp3) is 0.636. The summed E-state index contributed by atoms with van der Waals surface area (Å²) in [5.74, 6) is -0.573. The number of amides is 1. The Morgan fingerprint density at radius 3 is 2.65 bits per heavy atom. The van der Waals surface area contributed by atoms with E-state index in [9.17, 15) is 9.59 Å². The molecule has 0 aliphatic carbocycles. The van der Waals surface area contributed by atoms with Gasteiger partial charge in [-0.2, -0.15) is 0 Å². The molecule has 0 aromatic rings. The maximum absolute atomic E-state index is 11.6. The van der Waals surface area contributed by atoms with Gasteiger partial charge in [-0.05, 0) is 27.7 Å². The van der Waals surface area contributed by atoms with Crippen molar-refractivity contribution >= 4 is 12.1 Å². The standard InChI is InChI=1S/C11H17NO5/c1-5-15-9(13)8-6-12(7-16-8)10(14)17-11(2,3)4/h6H,5,7H2,1-4H3. The Hall–Kier alpha value is -1.72. The molecule has 0 radical (unpaired) electrons. The third-order valence-electron chi connectivity index (χ3n) is 1.74. The van der Waals surface area contributed by atoms with E-state index in [1.165, 1.54) is 11.1 Å². The van der Waals surface area contributed by atoms with Gasteiger partial charge in [0.15, 0.2) is 6.73 Å². The fourth-order valence-corrected chi connectivity index (χ4v) is 1.09. The SMILES string of the molecule is CCOC(=O)C1=CN(C(=O)OC(C)(C)C)CO1. The largest absolute Gasteiger partial charge is 0.464 e. The molecule has 0 spiro atoms. The summed E-state index contributed by atoms with van der Waals surface area (Å²) in [5, 5.41) is 0. The monoisotopic (exact) mass is 243 g/mol. The minimum Gasteiger partial charge on any atom is -0.464 e. The Morgan fingerprint density at radius 1 is 1.47 bits per heavy atom. The zero-order chi connectivity index (χ0) is 13.1. The van der Waals surface area contributed by atoms with E-state index in [-0.39, 0.29) is 19.1 Å². The molecule has 1 rings (SSSR count). The zero-order valence-electron chi connectivity index (χ0n) is 10.5. The van der Waals surface area contributed by atoms with Crippen molar-refractivity contribution in [2.24, 2.45) is 0 Å². The van der Waals surface area contributed by atoms with E-state index >= 15 is 0 Å². The van der Waals surface area contributed by atoms with Crippen LogP contribution in [0.15, 0.2) is 12.0 Å². The lowest BCUT2D eigenvalue weighted by molar-refractivity contribution is -0.142. The molecular formula is C11H17NO5. The smallest absolute Gasteiger partial charge is 0.417 e. The second kappa shape index (κ2) is 5.07. The van der Waals surface area contributed by atoms with Gasteiger partial charge in [0.05, 0.1) is 12.8 Å². The van der Waals surface area contributed by atoms with E-state index < -0.39 is 17.7 Å². The molecule has 0 saturated heterocycles. The summed E-state index contributed by atoms with van der Waals surface area (Å²) in [6.07, 6.45) is 0.725. The number of carbonyl (C=O) groups excluding carboxylic acids is 2. The first-order chi connectivity index (χ1) is 7.83. The minimum atomic E-state index is -0.586. The van der Waals surface area contributed by atoms with Crippen LogP contribution in [0.3, 0.4) is 0 Å². The molecule has 1 aliphatic rings. The molecule has 0 fully saturated rings. The van der Waals surface area contributed by atoms with Crippen LogP contribution in [0.2, 0.25) is 0 Å². The Labute approximate surface area is 100 Å². The predicted octanol–water partition coefficient (Wildman–Crippen LogP) is 1.62. The lowest BCUT2D eigenvalue weighted by Gasteiger charge is -2.22. The molecule has 1 heterocycles. The van der Waals surface area contributed by atoms with Crippen molar-refractivity contribution in [3.8, 4) is 0 Å². The Kier molecular flexibility index (Phi) is 3.98. The van der Waals surface area contributed by atoms with E-state index in [1.54, 1.807) is 27.7 Å². The quantitative estimate of drug-likeness (QED) is 0.689. The average molecular weight is 243 g/mol. The molecule has 1 aliphatic heterocycles. The van der Waals surface area contributed by atoms with Gasteiger partial charge in [-0.3, -0.25) is 0 Å². The number of ether oxygens (including phenoxy) is 3. The van der Waals surface area contributed by atoms with Gasteiger partial charge in [-0.15, -0.1) is 0 Å². The van der Waals surface area contributed by atoms with E-state index in [0.717, 1.165) is 0 Å². The summed E-state index contributed by atoms with van der Waals surface area (Å²) in [7, 11) is 0. The van der Waals surface area contributed by atoms with E-state index in [2.05, 4.69) is 0 Å². The highest BCUT2D eigenvalue weighted by Gasteiger charge is 2.28. The van der Waals surface area contributed by atoms with Gasteiger partial charge in [-0.1, -0.05) is 0 Å². The molecule has 0 aromatic carbocycles. The number of rotatable bonds is 2. The van der Waals surface area contributed by atoms with Crippen molar-refractivity contribution < 1.29 is 23.8 Å². The maximum Gasteiger partial charge on any atom is 0.417 e. The summed E-state index contributed by atoms with van der Waals surface area (Å²) in [6.45, 7) is 7.20. The van der Waals surface area contributed by atoms with Crippen molar-refractivity contribution in [3.63, 3.8) is 0 Å². The second-order valence-electron chi connectivity index (χ2n) is 4.44. The lowest BCUT2D eigenvalue weighted by atomic mass is 10.2. The van der Waals surface area contributed by atoms with Crippen molar-refractivity contribution in [2.75, 3.05) is 13.3 Å². The number of nitrogens with zero attached hydrogens (tertiary/aromatic N) is 1. The first kappa shape index (κ1) is 13.3. The van der Waals surface area contributed by atoms with E-state index in [1.807, 2.05) is 0 Å². The van der Waals surface area contributed by atoms with E-state index in [0.29, 0.717) is 0 Å². The zero-order valence-corrected chi connectivity index (χ0v) is 10.5. The summed E-state index contributed by atoms with van der Waals surface area (Å²) in [6, 6.07) is 0. The molecule has 0 atom stereocenters. The van der Waals surface area contributed by atoms with Gasteiger partial charge in [-0.25, -0.2) is 14.5 Å². The molecule has 0 bridgehead atoms. The van der Waals surface area contributed by atoms with Crippen LogP contribution >= 0.6 is 0 Å². The molecule has 1 amide bonds. The van der Waals surface area contributed by atoms with Gasteiger partial charge >= 0.3 is 12.1 Å². The van der Waals surface area contributed by atoms with Gasteiger partial charge in [0.2, 0.25) is 5.76 Å². The first-order valence-corrected chi connectivity index (χ1v) is 5.35. The van der Waals surface area contributed by atoms with Crippen molar-refractivity contribution in [1.82, 2.24) is 4.90 Å². The van der Waals surface area contributed by atoms with Gasteiger partial charge in [0.25, 0.3) is 0 Å². The lowest BCUT2D eigenvalue weighted by Crippen LogP contribution is -2.32. The highest BCUT2D eigenvalue weighted by Crippen LogP contribution is 2.16. The Morgan fingerprint density at radius 2 is 2.12 bits per heavy atom. The van der Waals surface area contributed by atoms with Crippen LogP contribution < -0.4 is 0 Å². The van der Waals surface area contributed by atoms with Crippen molar-refractivity contribution in [2.45, 2.75) is 33.3 Å². The molecule has 0 saturated carbocycles. The normalized spacial score (nSPS) is 15.1. The maximum atomic E-state index is 11.6. The van der Waals surface area contributed by atoms with E-state index in [4.69, 9.17) is 14.2 Å². The number of hydrogen-bond donors (Lipinski definition) is 0. The van der Waals surface area contributed by atoms with Crippen LogP contribution in [0.4, 0.5) is 4.79 Å². The van der Waals surface area contributed by atoms with Gasteiger partial charge < -0.3 is 14.2 Å². The molecule has 17 heavy (non-hydrogen) atoms. The predicted molar refractivity (Wildman–Crippen MR) is 58.7 cm³/mol. The average Bonchev–Trinajstić information content (AvgIpc) is 2.63. The fourth-order valence-electron chi connectivity index (χ4n) is 1.09. The summed E-state index contributed by atoms with van der Waals surface area (Å²) < 4.78 is 14.9. The second-order valence-corrected chi connectivity index (χ2v) is 4.44. The number of carbonyl (C=O) groups is 2. The van der Waals surface area contributed by atoms with Crippen LogP contribution in [-0.2, 0) is 19.0 Å². The highest BCUT2D eigenvalue weighted by molar-refractivity contribution is 5.87. The third kappa shape index (κ3) is 3.97. The molecule has 6 nitrogen and oxygen atoms in total. The number of esters is 1. The van der Waals surface area contributed by atoms with Gasteiger partial charge in [0, 0.05) is 0 Å². The third-order valence-corrected chi connectivity index (χ3v) is 1.74. The Balaban J connectivity index is 2.59. The molecule has 6 heteroatoms. The summed E-state index contributed by atoms with van der Waals surface area (Å²) in [4.78, 5) is 24.1. The topological polar surface area (TPSA) is 65.1 Å². The van der Waals surface area contributed by atoms with Crippen LogP contribution in [0.1, 0.15) is 27.7 Å². The van der Waals surface area contributed by atoms with Crippen LogP contribution in [0, 0.1) is 0 Å². The number of hydrogen-bond acceptors (Lipinski definition) is 5. The van der Waals surface area contributed by atoms with Crippen LogP contribution in [-0.4, -0.2) is 35.9 Å². The molecule has 96 valence electrons. The first-order valence-electron chi connectivity index (χ1n) is 5.35. The molecular weight excluding hydrogens is 226 g/mol. The molecule has 0 aromatic heterocycles. The van der Waals surface area contributed by atoms with Crippen LogP contribution in [0.5, 0.6) is 0 Å². The molecule has 0 unspecified atom stereocenters. The summed E-state index contributed by atoms with van der Waals surface area (Å²) in [5.41, 5.74) is -0.586. The van der Waals surface area contributed by atoms with Crippen LogP contribution in [0.25, 0.3) is 0 Å².